The zero-order valence-corrected chi connectivity index (χ0v) is 10.8. The fourth-order valence-corrected chi connectivity index (χ4v) is 1.50. The first kappa shape index (κ1) is 14.4. The lowest BCUT2D eigenvalue weighted by Crippen LogP contribution is -2.44. The van der Waals surface area contributed by atoms with Gasteiger partial charge in [0.05, 0.1) is 5.56 Å². The molecule has 1 aromatic rings. The molecule has 0 saturated carbocycles. The van der Waals surface area contributed by atoms with E-state index in [-0.39, 0.29) is 16.5 Å². The van der Waals surface area contributed by atoms with Crippen molar-refractivity contribution in [2.24, 2.45) is 0 Å². The number of carbonyl (C=O) groups excluding carboxylic acids is 2. The van der Waals surface area contributed by atoms with Crippen LogP contribution in [0.5, 0.6) is 0 Å². The molecule has 2 N–H and O–H groups in total. The summed E-state index contributed by atoms with van der Waals surface area (Å²) in [7, 11) is 0. The lowest BCUT2D eigenvalue weighted by atomic mass is 10.2. The summed E-state index contributed by atoms with van der Waals surface area (Å²) in [6.45, 7) is 3.76. The van der Waals surface area contributed by atoms with Gasteiger partial charge in [-0.1, -0.05) is 11.6 Å². The zero-order valence-electron chi connectivity index (χ0n) is 10.1. The van der Waals surface area contributed by atoms with Gasteiger partial charge in [-0.05, 0) is 32.0 Å². The molecule has 6 heteroatoms. The van der Waals surface area contributed by atoms with Crippen LogP contribution in [0.2, 0.25) is 5.02 Å². The van der Waals surface area contributed by atoms with Crippen LogP contribution in [0.15, 0.2) is 18.2 Å². The summed E-state index contributed by atoms with van der Waals surface area (Å²) in [6, 6.07) is 3.01. The van der Waals surface area contributed by atoms with E-state index in [4.69, 9.17) is 11.6 Å². The number of nitrogens with one attached hydrogen (secondary N) is 2. The van der Waals surface area contributed by atoms with Gasteiger partial charge < -0.3 is 10.6 Å². The third-order valence-corrected chi connectivity index (χ3v) is 2.50. The Morgan fingerprint density at radius 1 is 1.44 bits per heavy atom. The van der Waals surface area contributed by atoms with Crippen LogP contribution in [-0.4, -0.2) is 24.4 Å². The minimum atomic E-state index is -0.729. The fraction of sp³-hybridized carbons (Fsp3) is 0.333. The second-order valence-electron chi connectivity index (χ2n) is 3.71. The van der Waals surface area contributed by atoms with E-state index in [2.05, 4.69) is 10.6 Å². The van der Waals surface area contributed by atoms with Gasteiger partial charge in [0.15, 0.2) is 0 Å². The highest BCUT2D eigenvalue weighted by molar-refractivity contribution is 6.30. The van der Waals surface area contributed by atoms with Gasteiger partial charge in [0.2, 0.25) is 5.91 Å². The summed E-state index contributed by atoms with van der Waals surface area (Å²) >= 11 is 5.58. The molecule has 0 aliphatic heterocycles. The Hall–Kier alpha value is -1.62. The molecule has 98 valence electrons. The van der Waals surface area contributed by atoms with Gasteiger partial charge in [-0.2, -0.15) is 0 Å². The lowest BCUT2D eigenvalue weighted by molar-refractivity contribution is -0.122. The standard InChI is InChI=1S/C12H14ClFN2O2/c1-3-15-11(17)7(2)16-12(18)9-5-4-8(13)6-10(9)14/h4-7H,3H2,1-2H3,(H,15,17)(H,16,18). The Morgan fingerprint density at radius 2 is 2.11 bits per heavy atom. The van der Waals surface area contributed by atoms with E-state index in [1.165, 1.54) is 19.1 Å². The van der Waals surface area contributed by atoms with Crippen molar-refractivity contribution in [3.8, 4) is 0 Å². The quantitative estimate of drug-likeness (QED) is 0.877. The number of carbonyl (C=O) groups is 2. The summed E-state index contributed by atoms with van der Waals surface area (Å²) < 4.78 is 13.5. The number of hydrogen-bond donors (Lipinski definition) is 2. The number of hydrogen-bond acceptors (Lipinski definition) is 2. The Balaban J connectivity index is 2.73. The maximum atomic E-state index is 13.5. The molecule has 1 aromatic carbocycles. The molecule has 1 unspecified atom stereocenters. The maximum Gasteiger partial charge on any atom is 0.254 e. The van der Waals surface area contributed by atoms with Crippen LogP contribution in [0.3, 0.4) is 0 Å². The van der Waals surface area contributed by atoms with Crippen molar-refractivity contribution < 1.29 is 14.0 Å². The topological polar surface area (TPSA) is 58.2 Å². The summed E-state index contributed by atoms with van der Waals surface area (Å²) in [6.07, 6.45) is 0. The number of benzene rings is 1. The molecule has 2 amide bonds. The largest absolute Gasteiger partial charge is 0.355 e. The highest BCUT2D eigenvalue weighted by atomic mass is 35.5. The predicted octanol–water partition coefficient (Wildman–Crippen LogP) is 1.73. The van der Waals surface area contributed by atoms with Crippen LogP contribution < -0.4 is 10.6 Å². The zero-order chi connectivity index (χ0) is 13.7. The summed E-state index contributed by atoms with van der Waals surface area (Å²) in [5.41, 5.74) is -0.143. The lowest BCUT2D eigenvalue weighted by Gasteiger charge is -2.13. The third-order valence-electron chi connectivity index (χ3n) is 2.27. The van der Waals surface area contributed by atoms with Gasteiger partial charge in [0.1, 0.15) is 11.9 Å². The Bertz CT molecular complexity index is 465. The minimum Gasteiger partial charge on any atom is -0.355 e. The number of likely N-dealkylation sites (N-methyl/N-ethyl adjacent to an activating group) is 1. The van der Waals surface area contributed by atoms with E-state index in [1.54, 1.807) is 6.92 Å². The second-order valence-corrected chi connectivity index (χ2v) is 4.15. The Labute approximate surface area is 110 Å². The number of halogens is 2. The molecule has 0 aliphatic rings. The van der Waals surface area contributed by atoms with Gasteiger partial charge >= 0.3 is 0 Å². The number of rotatable bonds is 4. The molecule has 0 radical (unpaired) electrons. The van der Waals surface area contributed by atoms with E-state index in [0.29, 0.717) is 6.54 Å². The predicted molar refractivity (Wildman–Crippen MR) is 67.0 cm³/mol. The summed E-state index contributed by atoms with van der Waals surface area (Å²) in [4.78, 5) is 23.1. The smallest absolute Gasteiger partial charge is 0.254 e. The van der Waals surface area contributed by atoms with Gasteiger partial charge in [0, 0.05) is 11.6 Å². The second kappa shape index (κ2) is 6.35. The summed E-state index contributed by atoms with van der Waals surface area (Å²) in [5.74, 6) is -1.69. The van der Waals surface area contributed by atoms with E-state index >= 15 is 0 Å². The molecule has 0 fully saturated rings. The molecule has 0 aromatic heterocycles. The van der Waals surface area contributed by atoms with Crippen molar-refractivity contribution >= 4 is 23.4 Å². The van der Waals surface area contributed by atoms with Crippen molar-refractivity contribution in [3.05, 3.63) is 34.6 Å². The first-order chi connectivity index (χ1) is 8.45. The molecule has 0 bridgehead atoms. The SMILES string of the molecule is CCNC(=O)C(C)NC(=O)c1ccc(Cl)cc1F. The van der Waals surface area contributed by atoms with Gasteiger partial charge in [-0.25, -0.2) is 4.39 Å². The van der Waals surface area contributed by atoms with Crippen LogP contribution in [0.25, 0.3) is 0 Å². The van der Waals surface area contributed by atoms with Crippen LogP contribution >= 0.6 is 11.6 Å². The molecular weight excluding hydrogens is 259 g/mol. The highest BCUT2D eigenvalue weighted by Crippen LogP contribution is 2.14. The highest BCUT2D eigenvalue weighted by Gasteiger charge is 2.18. The minimum absolute atomic E-state index is 0.143. The van der Waals surface area contributed by atoms with Crippen LogP contribution in [0.1, 0.15) is 24.2 Å². The molecule has 4 nitrogen and oxygen atoms in total. The van der Waals surface area contributed by atoms with Crippen LogP contribution in [-0.2, 0) is 4.79 Å². The van der Waals surface area contributed by atoms with Crippen molar-refractivity contribution in [2.75, 3.05) is 6.54 Å². The number of amides is 2. The first-order valence-electron chi connectivity index (χ1n) is 5.49. The molecule has 18 heavy (non-hydrogen) atoms. The van der Waals surface area contributed by atoms with Crippen molar-refractivity contribution in [1.29, 1.82) is 0 Å². The average molecular weight is 273 g/mol. The monoisotopic (exact) mass is 272 g/mol. The third kappa shape index (κ3) is 3.70. The van der Waals surface area contributed by atoms with Crippen molar-refractivity contribution in [2.45, 2.75) is 19.9 Å². The van der Waals surface area contributed by atoms with Crippen molar-refractivity contribution in [3.63, 3.8) is 0 Å². The van der Waals surface area contributed by atoms with E-state index in [1.807, 2.05) is 0 Å². The molecule has 0 aliphatic carbocycles. The van der Waals surface area contributed by atoms with Gasteiger partial charge in [-0.15, -0.1) is 0 Å². The molecule has 1 atom stereocenters. The van der Waals surface area contributed by atoms with Crippen LogP contribution in [0.4, 0.5) is 4.39 Å². The molecule has 1 rings (SSSR count). The van der Waals surface area contributed by atoms with Gasteiger partial charge in [-0.3, -0.25) is 9.59 Å². The maximum absolute atomic E-state index is 13.5. The first-order valence-corrected chi connectivity index (χ1v) is 5.87. The molecule has 0 saturated heterocycles. The Morgan fingerprint density at radius 3 is 2.67 bits per heavy atom. The fourth-order valence-electron chi connectivity index (χ4n) is 1.34. The van der Waals surface area contributed by atoms with E-state index in [9.17, 15) is 14.0 Å². The average Bonchev–Trinajstić information content (AvgIpc) is 2.28. The molecular formula is C12H14ClFN2O2. The van der Waals surface area contributed by atoms with Crippen LogP contribution in [0, 0.1) is 5.82 Å². The van der Waals surface area contributed by atoms with E-state index in [0.717, 1.165) is 6.07 Å². The normalized spacial score (nSPS) is 11.8. The van der Waals surface area contributed by atoms with Crippen molar-refractivity contribution in [1.82, 2.24) is 10.6 Å². The molecule has 0 spiro atoms. The van der Waals surface area contributed by atoms with Gasteiger partial charge in [0.25, 0.3) is 5.91 Å². The summed E-state index contributed by atoms with van der Waals surface area (Å²) in [5, 5.41) is 5.17. The Kier molecular flexibility index (Phi) is 5.09. The molecule has 0 heterocycles. The van der Waals surface area contributed by atoms with E-state index < -0.39 is 17.8 Å².